The van der Waals surface area contributed by atoms with Crippen molar-refractivity contribution in [2.24, 2.45) is 0 Å². The third kappa shape index (κ3) is 2.60. The van der Waals surface area contributed by atoms with Crippen LogP contribution in [-0.4, -0.2) is 30.4 Å². The fraction of sp³-hybridized carbons (Fsp3) is 0.250. The number of likely N-dealkylation sites (N-methyl/N-ethyl adjacent to an activating group) is 1. The van der Waals surface area contributed by atoms with E-state index in [0.717, 1.165) is 22.4 Å². The molecule has 6 heteroatoms. The number of rotatable bonds is 2. The Morgan fingerprint density at radius 2 is 2.00 bits per heavy atom. The fourth-order valence-electron chi connectivity index (χ4n) is 4.55. The maximum Gasteiger partial charge on any atom is 0.332 e. The van der Waals surface area contributed by atoms with Crippen LogP contribution in [0.4, 0.5) is 5.69 Å². The Bertz CT molecular complexity index is 1110. The first-order valence-electron chi connectivity index (χ1n) is 10.0. The zero-order valence-corrected chi connectivity index (χ0v) is 16.9. The van der Waals surface area contributed by atoms with E-state index in [2.05, 4.69) is 0 Å². The van der Waals surface area contributed by atoms with Crippen molar-refractivity contribution in [3.8, 4) is 0 Å². The Hall–Kier alpha value is -3.38. The summed E-state index contributed by atoms with van der Waals surface area (Å²) in [5.74, 6) is -0.562. The first-order chi connectivity index (χ1) is 14.5. The molecule has 0 radical (unpaired) electrons. The van der Waals surface area contributed by atoms with Gasteiger partial charge >= 0.3 is 5.97 Å². The number of carbonyl (C=O) groups excluding carboxylic acids is 2. The zero-order chi connectivity index (χ0) is 20.9. The standard InChI is InChI=1S/C24H22N2O4/c1-3-29-21(27)14-17-15-24(19-10-6-7-11-20(19)25(2)23(24)28)30-22-18-9-5-4-8-16(18)12-13-26(17)22/h4-14,22H,3,15H2,1-2H3/b17-14-/t22-,24-/m0/s1. The minimum Gasteiger partial charge on any atom is -0.463 e. The first kappa shape index (κ1) is 18.6. The van der Waals surface area contributed by atoms with Gasteiger partial charge in [-0.05, 0) is 24.6 Å². The van der Waals surface area contributed by atoms with Gasteiger partial charge < -0.3 is 19.3 Å². The number of esters is 1. The summed E-state index contributed by atoms with van der Waals surface area (Å²) < 4.78 is 11.8. The summed E-state index contributed by atoms with van der Waals surface area (Å²) in [6.07, 6.45) is 5.09. The molecule has 5 rings (SSSR count). The lowest BCUT2D eigenvalue weighted by Crippen LogP contribution is -2.50. The molecule has 1 spiro atoms. The normalized spacial score (nSPS) is 25.3. The number of anilines is 1. The van der Waals surface area contributed by atoms with E-state index in [1.54, 1.807) is 18.9 Å². The fourth-order valence-corrected chi connectivity index (χ4v) is 4.55. The van der Waals surface area contributed by atoms with E-state index >= 15 is 0 Å². The van der Waals surface area contributed by atoms with Crippen LogP contribution in [0.25, 0.3) is 6.08 Å². The average Bonchev–Trinajstić information content (AvgIpc) is 2.96. The highest BCUT2D eigenvalue weighted by molar-refractivity contribution is 6.07. The van der Waals surface area contributed by atoms with Gasteiger partial charge in [0.2, 0.25) is 0 Å². The van der Waals surface area contributed by atoms with Gasteiger partial charge in [-0.3, -0.25) is 4.79 Å². The molecule has 0 saturated carbocycles. The van der Waals surface area contributed by atoms with Crippen LogP contribution in [0.5, 0.6) is 0 Å². The molecular formula is C24H22N2O4. The summed E-state index contributed by atoms with van der Waals surface area (Å²) in [5, 5.41) is 0. The predicted molar refractivity (Wildman–Crippen MR) is 112 cm³/mol. The van der Waals surface area contributed by atoms with E-state index in [1.807, 2.05) is 65.7 Å². The lowest BCUT2D eigenvalue weighted by Gasteiger charge is -2.47. The maximum absolute atomic E-state index is 13.5. The van der Waals surface area contributed by atoms with Gasteiger partial charge in [0.15, 0.2) is 11.8 Å². The van der Waals surface area contributed by atoms with Crippen molar-refractivity contribution in [1.29, 1.82) is 0 Å². The third-order valence-electron chi connectivity index (χ3n) is 5.93. The molecule has 0 N–H and O–H groups in total. The van der Waals surface area contributed by atoms with E-state index in [4.69, 9.17) is 9.47 Å². The van der Waals surface area contributed by atoms with Gasteiger partial charge in [0.25, 0.3) is 5.91 Å². The van der Waals surface area contributed by atoms with Gasteiger partial charge in [-0.25, -0.2) is 4.79 Å². The summed E-state index contributed by atoms with van der Waals surface area (Å²) in [5.41, 5.74) is 3.12. The summed E-state index contributed by atoms with van der Waals surface area (Å²) in [4.78, 5) is 29.4. The highest BCUT2D eigenvalue weighted by atomic mass is 16.5. The molecule has 3 heterocycles. The largest absolute Gasteiger partial charge is 0.463 e. The topological polar surface area (TPSA) is 59.1 Å². The Balaban J connectivity index is 1.68. The van der Waals surface area contributed by atoms with Crippen molar-refractivity contribution in [1.82, 2.24) is 4.90 Å². The van der Waals surface area contributed by atoms with Gasteiger partial charge in [-0.15, -0.1) is 0 Å². The monoisotopic (exact) mass is 402 g/mol. The number of ether oxygens (including phenoxy) is 2. The number of benzene rings is 2. The lowest BCUT2D eigenvalue weighted by molar-refractivity contribution is -0.184. The van der Waals surface area contributed by atoms with E-state index < -0.39 is 17.8 Å². The molecule has 152 valence electrons. The molecule has 1 saturated heterocycles. The maximum atomic E-state index is 13.5. The third-order valence-corrected chi connectivity index (χ3v) is 5.93. The number of para-hydroxylation sites is 1. The quantitative estimate of drug-likeness (QED) is 0.566. The summed E-state index contributed by atoms with van der Waals surface area (Å²) >= 11 is 0. The molecule has 2 atom stereocenters. The van der Waals surface area contributed by atoms with Crippen LogP contribution in [0, 0.1) is 0 Å². The predicted octanol–water partition coefficient (Wildman–Crippen LogP) is 3.71. The molecule has 0 aliphatic carbocycles. The van der Waals surface area contributed by atoms with E-state index in [0.29, 0.717) is 5.70 Å². The molecule has 1 fully saturated rings. The highest BCUT2D eigenvalue weighted by Gasteiger charge is 2.56. The van der Waals surface area contributed by atoms with Crippen LogP contribution in [0.1, 0.15) is 36.3 Å². The molecule has 2 aromatic carbocycles. The van der Waals surface area contributed by atoms with Gasteiger partial charge in [-0.2, -0.15) is 0 Å². The number of hydrogen-bond donors (Lipinski definition) is 0. The summed E-state index contributed by atoms with van der Waals surface area (Å²) in [6, 6.07) is 15.6. The molecule has 2 aromatic rings. The highest BCUT2D eigenvalue weighted by Crippen LogP contribution is 2.53. The van der Waals surface area contributed by atoms with Crippen molar-refractivity contribution >= 4 is 23.6 Å². The molecule has 1 amide bonds. The Labute approximate surface area is 175 Å². The van der Waals surface area contributed by atoms with Crippen LogP contribution in [0.3, 0.4) is 0 Å². The van der Waals surface area contributed by atoms with Gasteiger partial charge in [0.1, 0.15) is 0 Å². The molecule has 3 aliphatic heterocycles. The molecule has 30 heavy (non-hydrogen) atoms. The van der Waals surface area contributed by atoms with E-state index in [9.17, 15) is 9.59 Å². The minimum atomic E-state index is -1.19. The lowest BCUT2D eigenvalue weighted by atomic mass is 9.86. The minimum absolute atomic E-state index is 0.134. The van der Waals surface area contributed by atoms with Crippen LogP contribution in [0.2, 0.25) is 0 Å². The van der Waals surface area contributed by atoms with Gasteiger partial charge in [0, 0.05) is 42.6 Å². The number of nitrogens with zero attached hydrogens (tertiary/aromatic N) is 2. The number of hydrogen-bond acceptors (Lipinski definition) is 5. The first-order valence-corrected chi connectivity index (χ1v) is 10.0. The summed E-state index contributed by atoms with van der Waals surface area (Å²) in [6.45, 7) is 2.06. The van der Waals surface area contributed by atoms with Crippen molar-refractivity contribution < 1.29 is 19.1 Å². The second kappa shape index (κ2) is 6.85. The Kier molecular flexibility index (Phi) is 4.25. The average molecular weight is 402 g/mol. The van der Waals surface area contributed by atoms with Crippen molar-refractivity contribution in [3.63, 3.8) is 0 Å². The van der Waals surface area contributed by atoms with Crippen LogP contribution < -0.4 is 4.90 Å². The number of carbonyl (C=O) groups is 2. The Morgan fingerprint density at radius 3 is 2.83 bits per heavy atom. The van der Waals surface area contributed by atoms with E-state index in [1.165, 1.54) is 6.08 Å². The smallest absolute Gasteiger partial charge is 0.332 e. The zero-order valence-electron chi connectivity index (χ0n) is 16.9. The summed E-state index contributed by atoms with van der Waals surface area (Å²) in [7, 11) is 1.76. The number of fused-ring (bicyclic) bond motifs is 5. The molecule has 0 bridgehead atoms. The molecule has 6 nitrogen and oxygen atoms in total. The molecule has 0 unspecified atom stereocenters. The van der Waals surface area contributed by atoms with E-state index in [-0.39, 0.29) is 18.9 Å². The van der Waals surface area contributed by atoms with Crippen molar-refractivity contribution in [2.75, 3.05) is 18.6 Å². The van der Waals surface area contributed by atoms with Crippen molar-refractivity contribution in [2.45, 2.75) is 25.2 Å². The number of amides is 1. The Morgan fingerprint density at radius 1 is 1.23 bits per heavy atom. The second-order valence-electron chi connectivity index (χ2n) is 7.59. The van der Waals surface area contributed by atoms with Crippen LogP contribution in [0.15, 0.2) is 66.5 Å². The van der Waals surface area contributed by atoms with Crippen LogP contribution in [-0.2, 0) is 24.7 Å². The molecule has 3 aliphatic rings. The van der Waals surface area contributed by atoms with Crippen molar-refractivity contribution in [3.05, 3.63) is 83.2 Å². The van der Waals surface area contributed by atoms with Gasteiger partial charge in [0.05, 0.1) is 12.3 Å². The molecule has 0 aromatic heterocycles. The molecular weight excluding hydrogens is 380 g/mol. The van der Waals surface area contributed by atoms with Crippen LogP contribution >= 0.6 is 0 Å². The van der Waals surface area contributed by atoms with Gasteiger partial charge in [-0.1, -0.05) is 42.5 Å². The second-order valence-corrected chi connectivity index (χ2v) is 7.59. The SMILES string of the molecule is CCOC(=O)/C=C1/C[C@@]2(O[C@H]3c4ccccc4C=CN13)C(=O)N(C)c1ccccc12.